The summed E-state index contributed by atoms with van der Waals surface area (Å²) in [6, 6.07) is 1.85. The highest BCUT2D eigenvalue weighted by atomic mass is 32.1. The summed E-state index contributed by atoms with van der Waals surface area (Å²) >= 11 is 1.42. The molecule has 0 amide bonds. The molecular formula is C7H5N2OS. The van der Waals surface area contributed by atoms with Gasteiger partial charge < -0.3 is 4.52 Å². The predicted molar refractivity (Wildman–Crippen MR) is 41.2 cm³/mol. The fourth-order valence-electron chi connectivity index (χ4n) is 0.782. The summed E-state index contributed by atoms with van der Waals surface area (Å²) in [4.78, 5) is 3.96. The van der Waals surface area contributed by atoms with E-state index in [4.69, 9.17) is 4.52 Å². The third-order valence-corrected chi connectivity index (χ3v) is 1.81. The fourth-order valence-corrected chi connectivity index (χ4v) is 1.27. The molecule has 11 heavy (non-hydrogen) atoms. The van der Waals surface area contributed by atoms with Crippen LogP contribution in [0.2, 0.25) is 0 Å². The first-order valence-electron chi connectivity index (χ1n) is 3.11. The quantitative estimate of drug-likeness (QED) is 0.647. The van der Waals surface area contributed by atoms with Gasteiger partial charge in [-0.1, -0.05) is 5.16 Å². The third kappa shape index (κ3) is 1.17. The van der Waals surface area contributed by atoms with Gasteiger partial charge in [-0.05, 0) is 6.92 Å². The molecule has 0 saturated carbocycles. The maximum atomic E-state index is 4.98. The molecular weight excluding hydrogens is 160 g/mol. The molecule has 0 N–H and O–H groups in total. The van der Waals surface area contributed by atoms with Gasteiger partial charge in [-0.2, -0.15) is 0 Å². The summed E-state index contributed by atoms with van der Waals surface area (Å²) < 4.78 is 4.98. The monoisotopic (exact) mass is 165 g/mol. The lowest BCUT2D eigenvalue weighted by Crippen LogP contribution is -1.69. The largest absolute Gasteiger partial charge is 0.354 e. The lowest BCUT2D eigenvalue weighted by atomic mass is 10.3. The van der Waals surface area contributed by atoms with E-state index in [0.717, 1.165) is 11.4 Å². The summed E-state index contributed by atoms with van der Waals surface area (Å²) in [6.07, 6.45) is 0. The van der Waals surface area contributed by atoms with Crippen LogP contribution < -0.4 is 0 Å². The Kier molecular flexibility index (Phi) is 1.47. The predicted octanol–water partition coefficient (Wildman–Crippen LogP) is 1.91. The van der Waals surface area contributed by atoms with Gasteiger partial charge in [-0.25, -0.2) is 4.98 Å². The molecule has 2 aromatic heterocycles. The van der Waals surface area contributed by atoms with Crippen LogP contribution in [0.25, 0.3) is 11.5 Å². The molecule has 3 nitrogen and oxygen atoms in total. The number of thiazole rings is 1. The van der Waals surface area contributed by atoms with E-state index in [9.17, 15) is 0 Å². The van der Waals surface area contributed by atoms with Gasteiger partial charge in [-0.3, -0.25) is 0 Å². The van der Waals surface area contributed by atoms with E-state index < -0.39 is 0 Å². The molecule has 0 aliphatic rings. The molecule has 0 atom stereocenters. The lowest BCUT2D eigenvalue weighted by Gasteiger charge is -1.81. The number of hydrogen-bond acceptors (Lipinski definition) is 4. The molecule has 0 bridgehead atoms. The van der Waals surface area contributed by atoms with Gasteiger partial charge in [0.05, 0.1) is 5.69 Å². The van der Waals surface area contributed by atoms with Crippen LogP contribution in [0.15, 0.2) is 16.0 Å². The van der Waals surface area contributed by atoms with Gasteiger partial charge in [0.15, 0.2) is 11.3 Å². The highest BCUT2D eigenvalue weighted by Gasteiger charge is 2.04. The third-order valence-electron chi connectivity index (χ3n) is 1.27. The number of aromatic nitrogens is 2. The molecule has 2 aromatic rings. The van der Waals surface area contributed by atoms with Crippen molar-refractivity contribution in [3.8, 4) is 11.5 Å². The zero-order chi connectivity index (χ0) is 7.68. The highest BCUT2D eigenvalue weighted by molar-refractivity contribution is 7.07. The molecule has 0 aliphatic heterocycles. The number of rotatable bonds is 1. The number of hydrogen-bond donors (Lipinski definition) is 0. The molecule has 0 unspecified atom stereocenters. The van der Waals surface area contributed by atoms with E-state index in [1.54, 1.807) is 0 Å². The molecule has 1 radical (unpaired) electrons. The Balaban J connectivity index is 2.45. The standard InChI is InChI=1S/C7H5N2OS/c1-5-2-7(10-9-5)6-3-11-4-8-6/h2-3H,1H3. The highest BCUT2D eigenvalue weighted by Crippen LogP contribution is 2.18. The van der Waals surface area contributed by atoms with E-state index in [1.807, 2.05) is 18.4 Å². The smallest absolute Gasteiger partial charge is 0.186 e. The normalized spacial score (nSPS) is 10.3. The van der Waals surface area contributed by atoms with Gasteiger partial charge in [0.2, 0.25) is 0 Å². The maximum Gasteiger partial charge on any atom is 0.186 e. The zero-order valence-corrected chi connectivity index (χ0v) is 6.68. The summed E-state index contributed by atoms with van der Waals surface area (Å²) in [6.45, 7) is 1.88. The van der Waals surface area contributed by atoms with Crippen molar-refractivity contribution in [1.82, 2.24) is 10.1 Å². The van der Waals surface area contributed by atoms with Crippen molar-refractivity contribution >= 4 is 11.3 Å². The van der Waals surface area contributed by atoms with Crippen molar-refractivity contribution in [2.24, 2.45) is 0 Å². The molecule has 0 spiro atoms. The van der Waals surface area contributed by atoms with Crippen LogP contribution in [0.1, 0.15) is 5.69 Å². The van der Waals surface area contributed by atoms with Crippen LogP contribution >= 0.6 is 11.3 Å². The van der Waals surface area contributed by atoms with Crippen LogP contribution in [0.5, 0.6) is 0 Å². The average Bonchev–Trinajstić information content (AvgIpc) is 2.55. The SMILES string of the molecule is Cc1cc(-c2cs[c]n2)on1. The molecule has 0 fully saturated rings. The fraction of sp³-hybridized carbons (Fsp3) is 0.143. The topological polar surface area (TPSA) is 38.9 Å². The molecule has 0 saturated heterocycles. The summed E-state index contributed by atoms with van der Waals surface area (Å²) in [5.74, 6) is 0.708. The minimum Gasteiger partial charge on any atom is -0.354 e. The van der Waals surface area contributed by atoms with Crippen molar-refractivity contribution in [2.45, 2.75) is 6.92 Å². The lowest BCUT2D eigenvalue weighted by molar-refractivity contribution is 0.426. The Morgan fingerprint density at radius 2 is 2.55 bits per heavy atom. The number of nitrogens with zero attached hydrogens (tertiary/aromatic N) is 2. The Hall–Kier alpha value is -1.16. The van der Waals surface area contributed by atoms with Crippen molar-refractivity contribution in [2.75, 3.05) is 0 Å². The first kappa shape index (κ1) is 6.54. The Bertz CT molecular complexity index is 339. The van der Waals surface area contributed by atoms with Crippen molar-refractivity contribution < 1.29 is 4.52 Å². The first-order chi connectivity index (χ1) is 5.36. The van der Waals surface area contributed by atoms with Gasteiger partial charge >= 0.3 is 0 Å². The Labute approximate surface area is 67.7 Å². The molecule has 0 aliphatic carbocycles. The Morgan fingerprint density at radius 1 is 1.64 bits per heavy atom. The average molecular weight is 165 g/mol. The first-order valence-corrected chi connectivity index (χ1v) is 3.99. The number of aryl methyl sites for hydroxylation is 1. The van der Waals surface area contributed by atoms with E-state index in [1.165, 1.54) is 11.3 Å². The van der Waals surface area contributed by atoms with Crippen molar-refractivity contribution in [3.05, 3.63) is 22.7 Å². The van der Waals surface area contributed by atoms with Gasteiger partial charge in [0.1, 0.15) is 5.69 Å². The summed E-state index contributed by atoms with van der Waals surface area (Å²) in [5.41, 5.74) is 4.41. The summed E-state index contributed by atoms with van der Waals surface area (Å²) in [7, 11) is 0. The molecule has 0 aromatic carbocycles. The minimum atomic E-state index is 0.708. The molecule has 2 rings (SSSR count). The Morgan fingerprint density at radius 3 is 3.09 bits per heavy atom. The van der Waals surface area contributed by atoms with Crippen LogP contribution in [-0.2, 0) is 0 Å². The second-order valence-electron chi connectivity index (χ2n) is 2.16. The van der Waals surface area contributed by atoms with E-state index in [2.05, 4.69) is 15.7 Å². The van der Waals surface area contributed by atoms with Crippen LogP contribution in [0.4, 0.5) is 0 Å². The van der Waals surface area contributed by atoms with E-state index in [-0.39, 0.29) is 0 Å². The molecule has 4 heteroatoms. The van der Waals surface area contributed by atoms with Crippen LogP contribution in [-0.4, -0.2) is 10.1 Å². The van der Waals surface area contributed by atoms with E-state index >= 15 is 0 Å². The second-order valence-corrected chi connectivity index (χ2v) is 2.81. The second kappa shape index (κ2) is 2.47. The van der Waals surface area contributed by atoms with Gasteiger partial charge in [0.25, 0.3) is 0 Å². The van der Waals surface area contributed by atoms with E-state index in [0.29, 0.717) is 5.76 Å². The van der Waals surface area contributed by atoms with Crippen molar-refractivity contribution in [3.63, 3.8) is 0 Å². The zero-order valence-electron chi connectivity index (χ0n) is 5.87. The maximum absolute atomic E-state index is 4.98. The molecule has 55 valence electrons. The van der Waals surface area contributed by atoms with Crippen molar-refractivity contribution in [1.29, 1.82) is 0 Å². The van der Waals surface area contributed by atoms with Gasteiger partial charge in [0, 0.05) is 11.4 Å². The van der Waals surface area contributed by atoms with Gasteiger partial charge in [-0.15, -0.1) is 11.3 Å². The minimum absolute atomic E-state index is 0.708. The summed E-state index contributed by atoms with van der Waals surface area (Å²) in [5, 5.41) is 5.62. The van der Waals surface area contributed by atoms with Crippen LogP contribution in [0.3, 0.4) is 0 Å². The molecule has 2 heterocycles. The van der Waals surface area contributed by atoms with Crippen LogP contribution in [0, 0.1) is 12.4 Å².